The molecular formula is C28H39NO. The fourth-order valence-corrected chi connectivity index (χ4v) is 4.74. The van der Waals surface area contributed by atoms with Crippen LogP contribution in [0.1, 0.15) is 90.5 Å². The van der Waals surface area contributed by atoms with Crippen LogP contribution in [0.25, 0.3) is 0 Å². The van der Waals surface area contributed by atoms with E-state index < -0.39 is 0 Å². The summed E-state index contributed by atoms with van der Waals surface area (Å²) in [6, 6.07) is 10.7. The first kappa shape index (κ1) is 22.7. The van der Waals surface area contributed by atoms with Gasteiger partial charge in [0, 0.05) is 18.3 Å². The van der Waals surface area contributed by atoms with Crippen LogP contribution in [-0.2, 0) is 11.2 Å². The van der Waals surface area contributed by atoms with Gasteiger partial charge in [-0.25, -0.2) is 0 Å². The summed E-state index contributed by atoms with van der Waals surface area (Å²) in [5.41, 5.74) is 6.03. The van der Waals surface area contributed by atoms with Gasteiger partial charge in [0.05, 0.1) is 0 Å². The Labute approximate surface area is 183 Å². The number of nitrogens with zero attached hydrogens (tertiary/aromatic N) is 1. The zero-order valence-electron chi connectivity index (χ0n) is 19.3. The Kier molecular flexibility index (Phi) is 8.66. The van der Waals surface area contributed by atoms with Crippen LogP contribution in [0.3, 0.4) is 0 Å². The van der Waals surface area contributed by atoms with Gasteiger partial charge in [-0.2, -0.15) is 0 Å². The van der Waals surface area contributed by atoms with Gasteiger partial charge in [-0.05, 0) is 80.9 Å². The molecule has 2 aliphatic rings. The van der Waals surface area contributed by atoms with Gasteiger partial charge in [0.1, 0.15) is 0 Å². The maximum atomic E-state index is 12.9. The van der Waals surface area contributed by atoms with E-state index in [1.165, 1.54) is 42.5 Å². The van der Waals surface area contributed by atoms with Crippen molar-refractivity contribution in [3.05, 3.63) is 58.3 Å². The van der Waals surface area contributed by atoms with Crippen LogP contribution in [0.4, 0.5) is 0 Å². The predicted octanol–water partition coefficient (Wildman–Crippen LogP) is 7.64. The fourth-order valence-electron chi connectivity index (χ4n) is 4.74. The van der Waals surface area contributed by atoms with Crippen molar-refractivity contribution >= 4 is 12.0 Å². The molecule has 2 nitrogen and oxygen atoms in total. The lowest BCUT2D eigenvalue weighted by Crippen LogP contribution is -2.19. The molecule has 1 aliphatic carbocycles. The number of carbonyl (C=O) groups excluding carboxylic acids is 1. The number of benzene rings is 1. The van der Waals surface area contributed by atoms with Crippen LogP contribution < -0.4 is 0 Å². The molecule has 2 heteroatoms. The standard InChI is InChI=1S/C28H39NO/c1-21(25-14-9-15-25)10-7-17-28(30)26-19-18-22(2)27(29-20-23(26)3)16-8-13-24-11-5-4-6-12-24/h4-6,11-12,20-21,25H,7-10,13-19H2,1-3H3. The summed E-state index contributed by atoms with van der Waals surface area (Å²) in [7, 11) is 0. The van der Waals surface area contributed by atoms with Crippen LogP contribution in [0.2, 0.25) is 0 Å². The fraction of sp³-hybridized carbons (Fsp3) is 0.571. The van der Waals surface area contributed by atoms with Gasteiger partial charge in [-0.15, -0.1) is 0 Å². The van der Waals surface area contributed by atoms with Gasteiger partial charge >= 0.3 is 0 Å². The van der Waals surface area contributed by atoms with E-state index in [0.717, 1.165) is 61.5 Å². The number of ketones is 1. The van der Waals surface area contributed by atoms with Gasteiger partial charge in [0.2, 0.25) is 0 Å². The Bertz CT molecular complexity index is 795. The molecule has 1 aromatic carbocycles. The molecular weight excluding hydrogens is 366 g/mol. The number of aryl methyl sites for hydroxylation is 1. The van der Waals surface area contributed by atoms with E-state index in [9.17, 15) is 4.79 Å². The van der Waals surface area contributed by atoms with E-state index in [-0.39, 0.29) is 0 Å². The summed E-state index contributed by atoms with van der Waals surface area (Å²) in [5.74, 6) is 2.05. The summed E-state index contributed by atoms with van der Waals surface area (Å²) >= 11 is 0. The molecule has 30 heavy (non-hydrogen) atoms. The molecule has 0 radical (unpaired) electrons. The van der Waals surface area contributed by atoms with Crippen molar-refractivity contribution in [1.82, 2.24) is 0 Å². The molecule has 1 fully saturated rings. The number of aliphatic imine (C=N–C) groups is 1. The highest BCUT2D eigenvalue weighted by atomic mass is 16.1. The highest BCUT2D eigenvalue weighted by molar-refractivity contribution is 6.01. The highest BCUT2D eigenvalue weighted by Gasteiger charge is 2.24. The summed E-state index contributed by atoms with van der Waals surface area (Å²) in [5, 5.41) is 0. The van der Waals surface area contributed by atoms with Crippen LogP contribution >= 0.6 is 0 Å². The first-order valence-electron chi connectivity index (χ1n) is 12.0. The van der Waals surface area contributed by atoms with Crippen molar-refractivity contribution in [2.75, 3.05) is 0 Å². The monoisotopic (exact) mass is 405 g/mol. The van der Waals surface area contributed by atoms with Gasteiger partial charge in [0.15, 0.2) is 5.78 Å². The third kappa shape index (κ3) is 6.52. The minimum atomic E-state index is 0.347. The number of rotatable bonds is 10. The van der Waals surface area contributed by atoms with Crippen molar-refractivity contribution in [3.8, 4) is 0 Å². The maximum Gasteiger partial charge on any atom is 0.159 e. The average molecular weight is 406 g/mol. The summed E-state index contributed by atoms with van der Waals surface area (Å²) in [6.07, 6.45) is 14.1. The third-order valence-corrected chi connectivity index (χ3v) is 7.21. The molecule has 3 rings (SSSR count). The Balaban J connectivity index is 1.50. The molecule has 0 bridgehead atoms. The molecule has 162 valence electrons. The first-order valence-corrected chi connectivity index (χ1v) is 12.0. The number of hydrogen-bond acceptors (Lipinski definition) is 2. The van der Waals surface area contributed by atoms with Gasteiger partial charge in [-0.3, -0.25) is 9.79 Å². The zero-order valence-corrected chi connectivity index (χ0v) is 19.3. The molecule has 0 saturated heterocycles. The van der Waals surface area contributed by atoms with Crippen molar-refractivity contribution in [1.29, 1.82) is 0 Å². The number of Topliss-reactive ketones (excluding diaryl/α,β-unsaturated/α-hetero) is 1. The number of carbonyl (C=O) groups is 1. The van der Waals surface area contributed by atoms with E-state index in [1.807, 2.05) is 6.21 Å². The predicted molar refractivity (Wildman–Crippen MR) is 128 cm³/mol. The van der Waals surface area contributed by atoms with Crippen LogP contribution in [0.15, 0.2) is 57.7 Å². The van der Waals surface area contributed by atoms with Crippen molar-refractivity contribution in [2.45, 2.75) is 91.4 Å². The number of allylic oxidation sites excluding steroid dienone is 4. The SMILES string of the molecule is CC1=C(C(=O)CCCC(C)C2CCC2)CCC(C)=C(CCCc2ccccc2)N=C1. The second kappa shape index (κ2) is 11.4. The smallest absolute Gasteiger partial charge is 0.159 e. The van der Waals surface area contributed by atoms with E-state index in [0.29, 0.717) is 12.2 Å². The van der Waals surface area contributed by atoms with Gasteiger partial charge in [0.25, 0.3) is 0 Å². The Morgan fingerprint density at radius 2 is 1.83 bits per heavy atom. The van der Waals surface area contributed by atoms with Gasteiger partial charge in [-0.1, -0.05) is 68.5 Å². The molecule has 1 aromatic rings. The largest absolute Gasteiger partial charge is 0.295 e. The first-order chi connectivity index (χ1) is 14.5. The molecule has 0 spiro atoms. The second-order valence-electron chi connectivity index (χ2n) is 9.47. The Morgan fingerprint density at radius 1 is 1.07 bits per heavy atom. The van der Waals surface area contributed by atoms with E-state index in [2.05, 4.69) is 51.1 Å². The van der Waals surface area contributed by atoms with Gasteiger partial charge < -0.3 is 0 Å². The lowest BCUT2D eigenvalue weighted by Gasteiger charge is -2.31. The Hall–Kier alpha value is -1.96. The van der Waals surface area contributed by atoms with Crippen LogP contribution in [0.5, 0.6) is 0 Å². The highest BCUT2D eigenvalue weighted by Crippen LogP contribution is 2.35. The lowest BCUT2D eigenvalue weighted by atomic mass is 9.75. The molecule has 0 amide bonds. The zero-order chi connectivity index (χ0) is 21.3. The molecule has 1 atom stereocenters. The van der Waals surface area contributed by atoms with Crippen LogP contribution in [-0.4, -0.2) is 12.0 Å². The number of hydrogen-bond donors (Lipinski definition) is 0. The molecule has 1 heterocycles. The van der Waals surface area contributed by atoms with Crippen molar-refractivity contribution < 1.29 is 4.79 Å². The Morgan fingerprint density at radius 3 is 2.53 bits per heavy atom. The second-order valence-corrected chi connectivity index (χ2v) is 9.47. The quantitative estimate of drug-likeness (QED) is 0.393. The summed E-state index contributed by atoms with van der Waals surface area (Å²) in [4.78, 5) is 17.7. The summed E-state index contributed by atoms with van der Waals surface area (Å²) in [6.45, 7) is 6.63. The molecule has 1 unspecified atom stereocenters. The van der Waals surface area contributed by atoms with Crippen LogP contribution in [0, 0.1) is 11.8 Å². The van der Waals surface area contributed by atoms with Crippen molar-refractivity contribution in [2.24, 2.45) is 16.8 Å². The molecule has 1 saturated carbocycles. The average Bonchev–Trinajstić information content (AvgIpc) is 2.69. The molecule has 1 aliphatic heterocycles. The van der Waals surface area contributed by atoms with Crippen molar-refractivity contribution in [3.63, 3.8) is 0 Å². The minimum absolute atomic E-state index is 0.347. The lowest BCUT2D eigenvalue weighted by molar-refractivity contribution is -0.115. The van der Waals surface area contributed by atoms with E-state index >= 15 is 0 Å². The molecule has 0 N–H and O–H groups in total. The van der Waals surface area contributed by atoms with E-state index in [4.69, 9.17) is 4.99 Å². The summed E-state index contributed by atoms with van der Waals surface area (Å²) < 4.78 is 0. The normalized spacial score (nSPS) is 18.8. The maximum absolute atomic E-state index is 12.9. The topological polar surface area (TPSA) is 29.4 Å². The third-order valence-electron chi connectivity index (χ3n) is 7.21. The van der Waals surface area contributed by atoms with E-state index in [1.54, 1.807) is 0 Å². The molecule has 0 aromatic heterocycles. The minimum Gasteiger partial charge on any atom is -0.295 e.